The maximum atomic E-state index is 9.49. The van der Waals surface area contributed by atoms with E-state index in [4.69, 9.17) is 4.74 Å². The molecule has 0 aromatic carbocycles. The molecule has 2 atom stereocenters. The van der Waals surface area contributed by atoms with Gasteiger partial charge in [0.05, 0.1) is 24.5 Å². The zero-order valence-electron chi connectivity index (χ0n) is 9.32. The highest BCUT2D eigenvalue weighted by Gasteiger charge is 2.29. The molecule has 5 nitrogen and oxygen atoms in total. The van der Waals surface area contributed by atoms with Crippen LogP contribution in [0.25, 0.3) is 0 Å². The summed E-state index contributed by atoms with van der Waals surface area (Å²) in [5.41, 5.74) is 2.03. The number of nitrogens with one attached hydrogen (secondary N) is 1. The van der Waals surface area contributed by atoms with Crippen LogP contribution in [0.5, 0.6) is 5.88 Å². The van der Waals surface area contributed by atoms with E-state index in [1.165, 1.54) is 0 Å². The molecule has 1 aliphatic heterocycles. The summed E-state index contributed by atoms with van der Waals surface area (Å²) in [6.45, 7) is 2.60. The number of hydrogen-bond donors (Lipinski definition) is 2. The van der Waals surface area contributed by atoms with Gasteiger partial charge in [0.2, 0.25) is 5.88 Å². The number of β-amino-alcohol motifs (C(OH)–C–C–N with tert-alkyl or cyclic N) is 1. The second-order valence-corrected chi connectivity index (χ2v) is 3.98. The maximum absolute atomic E-state index is 9.49. The van der Waals surface area contributed by atoms with Crippen LogP contribution in [0.2, 0.25) is 0 Å². The predicted molar refractivity (Wildman–Crippen MR) is 55.9 cm³/mol. The number of ether oxygens (including phenoxy) is 1. The summed E-state index contributed by atoms with van der Waals surface area (Å²) in [5.74, 6) is 0.777. The zero-order chi connectivity index (χ0) is 11.0. The average Bonchev–Trinajstić information content (AvgIpc) is 2.70. The van der Waals surface area contributed by atoms with Gasteiger partial charge >= 0.3 is 0 Å². The maximum Gasteiger partial charge on any atom is 0.216 e. The van der Waals surface area contributed by atoms with E-state index in [0.717, 1.165) is 23.6 Å². The minimum atomic E-state index is -0.265. The van der Waals surface area contributed by atoms with E-state index >= 15 is 0 Å². The lowest BCUT2D eigenvalue weighted by Crippen LogP contribution is -2.15. The van der Waals surface area contributed by atoms with Gasteiger partial charge in [-0.15, -0.1) is 0 Å². The molecule has 2 unspecified atom stereocenters. The Kier molecular flexibility index (Phi) is 2.67. The van der Waals surface area contributed by atoms with Crippen molar-refractivity contribution in [2.45, 2.75) is 25.5 Å². The highest BCUT2D eigenvalue weighted by molar-refractivity contribution is 5.35. The number of aliphatic hydroxyl groups is 1. The van der Waals surface area contributed by atoms with Gasteiger partial charge in [-0.1, -0.05) is 0 Å². The summed E-state index contributed by atoms with van der Waals surface area (Å²) in [6, 6.07) is 0.156. The summed E-state index contributed by atoms with van der Waals surface area (Å²) in [7, 11) is 3.51. The normalized spacial score (nSPS) is 25.9. The first-order valence-electron chi connectivity index (χ1n) is 5.12. The van der Waals surface area contributed by atoms with Crippen LogP contribution in [0.15, 0.2) is 0 Å². The summed E-state index contributed by atoms with van der Waals surface area (Å²) >= 11 is 0. The Labute approximate surface area is 89.0 Å². The minimum absolute atomic E-state index is 0.156. The Morgan fingerprint density at radius 1 is 1.60 bits per heavy atom. The molecule has 2 N–H and O–H groups in total. The van der Waals surface area contributed by atoms with Crippen LogP contribution in [-0.4, -0.2) is 34.6 Å². The number of aryl methyl sites for hydroxylation is 2. The average molecular weight is 211 g/mol. The second-order valence-electron chi connectivity index (χ2n) is 3.98. The van der Waals surface area contributed by atoms with Crippen molar-refractivity contribution in [1.29, 1.82) is 0 Å². The molecule has 0 aliphatic carbocycles. The van der Waals surface area contributed by atoms with Gasteiger partial charge in [-0.25, -0.2) is 4.68 Å². The Morgan fingerprint density at radius 3 is 2.87 bits per heavy atom. The van der Waals surface area contributed by atoms with Gasteiger partial charge in [-0.3, -0.25) is 0 Å². The van der Waals surface area contributed by atoms with E-state index in [1.54, 1.807) is 11.8 Å². The first-order chi connectivity index (χ1) is 7.13. The SMILES string of the molecule is COc1c(C2CC(O)CN2)c(C)nn1C. The lowest BCUT2D eigenvalue weighted by atomic mass is 10.1. The van der Waals surface area contributed by atoms with Crippen LogP contribution in [0.3, 0.4) is 0 Å². The largest absolute Gasteiger partial charge is 0.481 e. The molecule has 1 aromatic rings. The Bertz CT molecular complexity index is 362. The van der Waals surface area contributed by atoms with Crippen molar-refractivity contribution in [3.63, 3.8) is 0 Å². The third-order valence-electron chi connectivity index (χ3n) is 2.86. The molecule has 84 valence electrons. The van der Waals surface area contributed by atoms with Crippen molar-refractivity contribution in [2.24, 2.45) is 7.05 Å². The summed E-state index contributed by atoms with van der Waals surface area (Å²) in [5, 5.41) is 17.1. The Morgan fingerprint density at radius 2 is 2.33 bits per heavy atom. The van der Waals surface area contributed by atoms with E-state index in [0.29, 0.717) is 6.54 Å². The molecule has 2 heterocycles. The van der Waals surface area contributed by atoms with Gasteiger partial charge in [-0.2, -0.15) is 5.10 Å². The van der Waals surface area contributed by atoms with E-state index in [1.807, 2.05) is 14.0 Å². The fourth-order valence-corrected chi connectivity index (χ4v) is 2.23. The van der Waals surface area contributed by atoms with Gasteiger partial charge in [0.1, 0.15) is 0 Å². The monoisotopic (exact) mass is 211 g/mol. The molecule has 1 saturated heterocycles. The fraction of sp³-hybridized carbons (Fsp3) is 0.700. The second kappa shape index (κ2) is 3.83. The van der Waals surface area contributed by atoms with Gasteiger partial charge < -0.3 is 15.2 Å². The van der Waals surface area contributed by atoms with Crippen LogP contribution in [0.4, 0.5) is 0 Å². The number of aliphatic hydroxyl groups excluding tert-OH is 1. The molecule has 0 saturated carbocycles. The predicted octanol–water partition coefficient (Wildman–Crippen LogP) is 0.132. The number of nitrogens with zero attached hydrogens (tertiary/aromatic N) is 2. The lowest BCUT2D eigenvalue weighted by Gasteiger charge is -2.11. The Balaban J connectivity index is 2.34. The van der Waals surface area contributed by atoms with Crippen molar-refractivity contribution in [1.82, 2.24) is 15.1 Å². The number of hydrogen-bond acceptors (Lipinski definition) is 4. The van der Waals surface area contributed by atoms with Crippen LogP contribution in [0.1, 0.15) is 23.7 Å². The first-order valence-corrected chi connectivity index (χ1v) is 5.12. The molecular formula is C10H17N3O2. The quantitative estimate of drug-likeness (QED) is 0.730. The molecule has 15 heavy (non-hydrogen) atoms. The van der Waals surface area contributed by atoms with Crippen LogP contribution >= 0.6 is 0 Å². The van der Waals surface area contributed by atoms with Gasteiger partial charge in [0.15, 0.2) is 0 Å². The highest BCUT2D eigenvalue weighted by atomic mass is 16.5. The molecule has 5 heteroatoms. The number of methoxy groups -OCH3 is 1. The Hall–Kier alpha value is -1.07. The van der Waals surface area contributed by atoms with Crippen molar-refractivity contribution in [3.05, 3.63) is 11.3 Å². The van der Waals surface area contributed by atoms with Crippen molar-refractivity contribution in [3.8, 4) is 5.88 Å². The molecule has 0 spiro atoms. The lowest BCUT2D eigenvalue weighted by molar-refractivity contribution is 0.193. The molecule has 0 amide bonds. The molecule has 1 aliphatic rings. The van der Waals surface area contributed by atoms with Crippen LogP contribution < -0.4 is 10.1 Å². The number of rotatable bonds is 2. The van der Waals surface area contributed by atoms with Crippen LogP contribution in [0, 0.1) is 6.92 Å². The first kappa shape index (κ1) is 10.4. The molecular weight excluding hydrogens is 194 g/mol. The standard InChI is InChI=1S/C10H17N3O2/c1-6-9(8-4-7(14)5-11-8)10(15-3)13(2)12-6/h7-8,11,14H,4-5H2,1-3H3. The fourth-order valence-electron chi connectivity index (χ4n) is 2.23. The number of aromatic nitrogens is 2. The minimum Gasteiger partial charge on any atom is -0.481 e. The van der Waals surface area contributed by atoms with Gasteiger partial charge in [0, 0.05) is 19.6 Å². The summed E-state index contributed by atoms with van der Waals surface area (Å²) in [4.78, 5) is 0. The summed E-state index contributed by atoms with van der Waals surface area (Å²) < 4.78 is 7.06. The molecule has 0 bridgehead atoms. The van der Waals surface area contributed by atoms with E-state index in [2.05, 4.69) is 10.4 Å². The van der Waals surface area contributed by atoms with Crippen molar-refractivity contribution >= 4 is 0 Å². The molecule has 1 aromatic heterocycles. The zero-order valence-corrected chi connectivity index (χ0v) is 9.32. The topological polar surface area (TPSA) is 59.3 Å². The third kappa shape index (κ3) is 1.72. The van der Waals surface area contributed by atoms with E-state index in [-0.39, 0.29) is 12.1 Å². The molecule has 2 rings (SSSR count). The summed E-state index contributed by atoms with van der Waals surface area (Å²) in [6.07, 6.45) is 0.461. The van der Waals surface area contributed by atoms with Crippen LogP contribution in [-0.2, 0) is 7.05 Å². The third-order valence-corrected chi connectivity index (χ3v) is 2.86. The molecule has 0 radical (unpaired) electrons. The van der Waals surface area contributed by atoms with Gasteiger partial charge in [0.25, 0.3) is 0 Å². The van der Waals surface area contributed by atoms with E-state index in [9.17, 15) is 5.11 Å². The highest BCUT2D eigenvalue weighted by Crippen LogP contribution is 2.32. The van der Waals surface area contributed by atoms with Crippen molar-refractivity contribution in [2.75, 3.05) is 13.7 Å². The van der Waals surface area contributed by atoms with Gasteiger partial charge in [-0.05, 0) is 13.3 Å². The van der Waals surface area contributed by atoms with Crippen molar-refractivity contribution < 1.29 is 9.84 Å². The van der Waals surface area contributed by atoms with E-state index < -0.39 is 0 Å². The smallest absolute Gasteiger partial charge is 0.216 e. The molecule has 1 fully saturated rings.